The first-order chi connectivity index (χ1) is 7.28. The van der Waals surface area contributed by atoms with E-state index in [0.29, 0.717) is 12.8 Å². The van der Waals surface area contributed by atoms with Gasteiger partial charge in [0, 0.05) is 0 Å². The second-order valence-electron chi connectivity index (χ2n) is 5.37. The van der Waals surface area contributed by atoms with E-state index < -0.39 is 11.9 Å². The Hall–Kier alpha value is -0.600. The molecule has 0 saturated heterocycles. The van der Waals surface area contributed by atoms with Crippen LogP contribution in [-0.2, 0) is 6.42 Å². The molecule has 1 rings (SSSR count). The maximum Gasteiger partial charge on any atom is 0.142 e. The number of benzene rings is 1. The third kappa shape index (κ3) is 4.50. The van der Waals surface area contributed by atoms with Crippen molar-refractivity contribution in [1.29, 1.82) is 0 Å². The normalized spacial score (nSPS) is 13.9. The smallest absolute Gasteiger partial charge is 0.142 e. The first-order valence-electron chi connectivity index (χ1n) is 5.40. The van der Waals surface area contributed by atoms with E-state index in [9.17, 15) is 9.50 Å². The topological polar surface area (TPSA) is 20.2 Å². The third-order valence-corrected chi connectivity index (χ3v) is 2.61. The lowest BCUT2D eigenvalue weighted by Crippen LogP contribution is -2.19. The monoisotopic (exact) mass is 244 g/mol. The van der Waals surface area contributed by atoms with Crippen molar-refractivity contribution >= 4 is 11.6 Å². The molecule has 0 bridgehead atoms. The molecule has 0 aliphatic heterocycles. The van der Waals surface area contributed by atoms with E-state index in [1.165, 1.54) is 12.1 Å². The van der Waals surface area contributed by atoms with Crippen LogP contribution in [0, 0.1) is 11.2 Å². The Kier molecular flexibility index (Phi) is 4.34. The number of rotatable bonds is 3. The molecule has 0 fully saturated rings. The van der Waals surface area contributed by atoms with Gasteiger partial charge in [-0.1, -0.05) is 38.4 Å². The van der Waals surface area contributed by atoms with E-state index >= 15 is 0 Å². The highest BCUT2D eigenvalue weighted by molar-refractivity contribution is 6.30. The number of halogens is 2. The van der Waals surface area contributed by atoms with Crippen molar-refractivity contribution in [3.8, 4) is 0 Å². The van der Waals surface area contributed by atoms with Gasteiger partial charge >= 0.3 is 0 Å². The highest BCUT2D eigenvalue weighted by atomic mass is 35.5. The van der Waals surface area contributed by atoms with Crippen molar-refractivity contribution in [3.05, 3.63) is 34.6 Å². The Morgan fingerprint density at radius 3 is 2.50 bits per heavy atom. The minimum atomic E-state index is -0.444. The molecule has 0 spiro atoms. The zero-order valence-electron chi connectivity index (χ0n) is 9.93. The second kappa shape index (κ2) is 5.15. The van der Waals surface area contributed by atoms with Crippen LogP contribution in [0.4, 0.5) is 4.39 Å². The standard InChI is InChI=1S/C13H18ClFO/c1-13(2,3)8-10(16)6-9-4-5-11(14)12(15)7-9/h4-5,7,10,16H,6,8H2,1-3H3. The fourth-order valence-electron chi connectivity index (χ4n) is 1.72. The Morgan fingerprint density at radius 1 is 1.38 bits per heavy atom. The molecular weight excluding hydrogens is 227 g/mol. The Bertz CT molecular complexity index is 357. The molecule has 1 aromatic rings. The molecule has 1 aromatic carbocycles. The highest BCUT2D eigenvalue weighted by Gasteiger charge is 2.17. The Balaban J connectivity index is 2.63. The van der Waals surface area contributed by atoms with Gasteiger partial charge in [-0.3, -0.25) is 0 Å². The Labute approximate surface area is 101 Å². The van der Waals surface area contributed by atoms with E-state index in [1.54, 1.807) is 6.07 Å². The van der Waals surface area contributed by atoms with Crippen LogP contribution in [0.15, 0.2) is 18.2 Å². The van der Waals surface area contributed by atoms with Crippen molar-refractivity contribution in [2.75, 3.05) is 0 Å². The molecule has 0 aliphatic carbocycles. The average molecular weight is 245 g/mol. The highest BCUT2D eigenvalue weighted by Crippen LogP contribution is 2.23. The van der Waals surface area contributed by atoms with Crippen molar-refractivity contribution < 1.29 is 9.50 Å². The van der Waals surface area contributed by atoms with Crippen LogP contribution in [0.1, 0.15) is 32.8 Å². The predicted octanol–water partition coefficient (Wildman–Crippen LogP) is 3.82. The molecule has 1 nitrogen and oxygen atoms in total. The van der Waals surface area contributed by atoms with Crippen molar-refractivity contribution in [2.45, 2.75) is 39.7 Å². The van der Waals surface area contributed by atoms with Gasteiger partial charge in [0.15, 0.2) is 0 Å². The lowest BCUT2D eigenvalue weighted by molar-refractivity contribution is 0.121. The first kappa shape index (κ1) is 13.5. The molecule has 1 atom stereocenters. The van der Waals surface area contributed by atoms with Gasteiger partial charge in [-0.05, 0) is 36.0 Å². The largest absolute Gasteiger partial charge is 0.393 e. The molecule has 90 valence electrons. The summed E-state index contributed by atoms with van der Waals surface area (Å²) >= 11 is 5.59. The van der Waals surface area contributed by atoms with Crippen LogP contribution in [0.2, 0.25) is 5.02 Å². The van der Waals surface area contributed by atoms with Crippen LogP contribution in [-0.4, -0.2) is 11.2 Å². The molecule has 0 aliphatic rings. The van der Waals surface area contributed by atoms with Crippen LogP contribution in [0.5, 0.6) is 0 Å². The van der Waals surface area contributed by atoms with Gasteiger partial charge in [0.2, 0.25) is 0 Å². The molecule has 16 heavy (non-hydrogen) atoms. The molecule has 0 amide bonds. The average Bonchev–Trinajstić information content (AvgIpc) is 2.08. The zero-order valence-corrected chi connectivity index (χ0v) is 10.7. The maximum atomic E-state index is 13.2. The number of aliphatic hydroxyl groups is 1. The number of aliphatic hydroxyl groups excluding tert-OH is 1. The summed E-state index contributed by atoms with van der Waals surface area (Å²) in [5, 5.41) is 9.96. The molecule has 0 saturated carbocycles. The van der Waals surface area contributed by atoms with Gasteiger partial charge in [-0.25, -0.2) is 4.39 Å². The van der Waals surface area contributed by atoms with E-state index in [4.69, 9.17) is 11.6 Å². The summed E-state index contributed by atoms with van der Waals surface area (Å²) in [5.41, 5.74) is 0.850. The zero-order chi connectivity index (χ0) is 12.3. The van der Waals surface area contributed by atoms with Gasteiger partial charge in [0.25, 0.3) is 0 Å². The van der Waals surface area contributed by atoms with Gasteiger partial charge in [0.1, 0.15) is 5.82 Å². The van der Waals surface area contributed by atoms with Gasteiger partial charge in [0.05, 0.1) is 11.1 Å². The van der Waals surface area contributed by atoms with Gasteiger partial charge in [-0.2, -0.15) is 0 Å². The summed E-state index contributed by atoms with van der Waals surface area (Å²) in [6, 6.07) is 4.65. The summed E-state index contributed by atoms with van der Waals surface area (Å²) in [5.74, 6) is -0.429. The molecule has 0 radical (unpaired) electrons. The molecule has 3 heteroatoms. The van der Waals surface area contributed by atoms with E-state index in [2.05, 4.69) is 20.8 Å². The maximum absolute atomic E-state index is 13.2. The summed E-state index contributed by atoms with van der Waals surface area (Å²) in [6.45, 7) is 6.20. The fraction of sp³-hybridized carbons (Fsp3) is 0.538. The number of hydrogen-bond donors (Lipinski definition) is 1. The quantitative estimate of drug-likeness (QED) is 0.857. The molecule has 1 N–H and O–H groups in total. The second-order valence-corrected chi connectivity index (χ2v) is 5.78. The van der Waals surface area contributed by atoms with Gasteiger partial charge in [-0.15, -0.1) is 0 Å². The molecule has 1 unspecified atom stereocenters. The minimum absolute atomic E-state index is 0.0738. The fourth-order valence-corrected chi connectivity index (χ4v) is 1.84. The van der Waals surface area contributed by atoms with Crippen LogP contribution in [0.25, 0.3) is 0 Å². The van der Waals surface area contributed by atoms with Crippen LogP contribution < -0.4 is 0 Å². The molecule has 0 heterocycles. The minimum Gasteiger partial charge on any atom is -0.393 e. The van der Waals surface area contributed by atoms with Crippen molar-refractivity contribution in [2.24, 2.45) is 5.41 Å². The van der Waals surface area contributed by atoms with Crippen LogP contribution >= 0.6 is 11.6 Å². The van der Waals surface area contributed by atoms with Crippen molar-refractivity contribution in [3.63, 3.8) is 0 Å². The summed E-state index contributed by atoms with van der Waals surface area (Å²) < 4.78 is 13.2. The molecule has 0 aromatic heterocycles. The van der Waals surface area contributed by atoms with E-state index in [1.807, 2.05) is 0 Å². The lowest BCUT2D eigenvalue weighted by Gasteiger charge is -2.22. The SMILES string of the molecule is CC(C)(C)CC(O)Cc1ccc(Cl)c(F)c1. The lowest BCUT2D eigenvalue weighted by atomic mass is 9.87. The van der Waals surface area contributed by atoms with E-state index in [0.717, 1.165) is 5.56 Å². The first-order valence-corrected chi connectivity index (χ1v) is 5.78. The summed E-state index contributed by atoms with van der Waals surface area (Å²) in [4.78, 5) is 0. The number of hydrogen-bond acceptors (Lipinski definition) is 1. The van der Waals surface area contributed by atoms with Crippen molar-refractivity contribution in [1.82, 2.24) is 0 Å². The van der Waals surface area contributed by atoms with E-state index in [-0.39, 0.29) is 10.4 Å². The predicted molar refractivity (Wildman–Crippen MR) is 65.2 cm³/mol. The molecular formula is C13H18ClFO. The third-order valence-electron chi connectivity index (χ3n) is 2.30. The Morgan fingerprint density at radius 2 is 2.00 bits per heavy atom. The summed E-state index contributed by atoms with van der Waals surface area (Å²) in [7, 11) is 0. The van der Waals surface area contributed by atoms with Gasteiger partial charge < -0.3 is 5.11 Å². The summed E-state index contributed by atoms with van der Waals surface area (Å²) in [6.07, 6.45) is 0.711. The van der Waals surface area contributed by atoms with Crippen LogP contribution in [0.3, 0.4) is 0 Å².